The second-order valence-electron chi connectivity index (χ2n) is 4.92. The first-order valence-electron chi connectivity index (χ1n) is 6.44. The lowest BCUT2D eigenvalue weighted by molar-refractivity contribution is -0.117. The zero-order valence-electron chi connectivity index (χ0n) is 11.4. The highest BCUT2D eigenvalue weighted by Gasteiger charge is 2.33. The predicted octanol–water partition coefficient (Wildman–Crippen LogP) is 1.96. The molecule has 0 radical (unpaired) electrons. The fraction of sp³-hybridized carbons (Fsp3) is 0.357. The number of anilines is 1. The van der Waals surface area contributed by atoms with Crippen molar-refractivity contribution in [2.75, 3.05) is 11.4 Å². The van der Waals surface area contributed by atoms with E-state index in [1.54, 1.807) is 22.7 Å². The van der Waals surface area contributed by atoms with Crippen LogP contribution in [0.3, 0.4) is 0 Å². The minimum atomic E-state index is 0.0449. The number of aryl methyl sites for hydroxylation is 1. The molecule has 2 aromatic rings. The summed E-state index contributed by atoms with van der Waals surface area (Å²) >= 11 is 1.25. The van der Waals surface area contributed by atoms with Gasteiger partial charge >= 0.3 is 0 Å². The summed E-state index contributed by atoms with van der Waals surface area (Å²) in [6, 6.07) is 5.84. The second kappa shape index (κ2) is 4.94. The van der Waals surface area contributed by atoms with Crippen molar-refractivity contribution in [2.45, 2.75) is 18.6 Å². The number of hydrogen-bond donors (Lipinski definition) is 0. The van der Waals surface area contributed by atoms with Crippen LogP contribution in [0.15, 0.2) is 24.4 Å². The van der Waals surface area contributed by atoms with Crippen LogP contribution in [0.5, 0.6) is 0 Å². The van der Waals surface area contributed by atoms with Crippen LogP contribution in [0.2, 0.25) is 0 Å². The molecule has 1 atom stereocenters. The number of rotatable bonds is 2. The van der Waals surface area contributed by atoms with Gasteiger partial charge in [-0.2, -0.15) is 5.10 Å². The Bertz CT molecular complexity index is 695. The Hall–Kier alpha value is -1.82. The van der Waals surface area contributed by atoms with E-state index < -0.39 is 0 Å². The molecule has 1 unspecified atom stereocenters. The van der Waals surface area contributed by atoms with Crippen LogP contribution in [0.4, 0.5) is 5.69 Å². The molecule has 1 saturated heterocycles. The van der Waals surface area contributed by atoms with Gasteiger partial charge in [-0.15, -0.1) is 0 Å². The lowest BCUT2D eigenvalue weighted by Crippen LogP contribution is -2.25. The van der Waals surface area contributed by atoms with Crippen molar-refractivity contribution in [1.29, 1.82) is 0 Å². The first-order valence-corrected chi connectivity index (χ1v) is 7.32. The van der Waals surface area contributed by atoms with Crippen LogP contribution in [0, 0.1) is 0 Å². The van der Waals surface area contributed by atoms with E-state index in [4.69, 9.17) is 0 Å². The maximum absolute atomic E-state index is 12.2. The molecule has 20 heavy (non-hydrogen) atoms. The molecule has 1 amide bonds. The topological polar surface area (TPSA) is 55.2 Å². The maximum Gasteiger partial charge on any atom is 0.228 e. The number of nitrogens with zero attached hydrogens (tertiary/aromatic N) is 3. The number of para-hydroxylation sites is 1. The summed E-state index contributed by atoms with van der Waals surface area (Å²) in [6.45, 7) is 2.12. The molecule has 1 aromatic heterocycles. The summed E-state index contributed by atoms with van der Waals surface area (Å²) in [4.78, 5) is 25.2. The quantitative estimate of drug-likeness (QED) is 0.848. The summed E-state index contributed by atoms with van der Waals surface area (Å²) in [5.41, 5.74) is 1.83. The SMILES string of the molecule is CC(=O)SC1CC(=O)N(c2cccc3cnn(C)c23)C1. The molecule has 1 aliphatic rings. The molecule has 3 rings (SSSR count). The summed E-state index contributed by atoms with van der Waals surface area (Å²) in [7, 11) is 1.87. The van der Waals surface area contributed by atoms with Crippen molar-refractivity contribution in [3.8, 4) is 0 Å². The van der Waals surface area contributed by atoms with Crippen molar-refractivity contribution in [3.05, 3.63) is 24.4 Å². The summed E-state index contributed by atoms with van der Waals surface area (Å²) in [5, 5.41) is 5.36. The second-order valence-corrected chi connectivity index (χ2v) is 6.40. The van der Waals surface area contributed by atoms with E-state index in [-0.39, 0.29) is 16.3 Å². The van der Waals surface area contributed by atoms with E-state index in [2.05, 4.69) is 5.10 Å². The predicted molar refractivity (Wildman–Crippen MR) is 79.7 cm³/mol. The van der Waals surface area contributed by atoms with Crippen LogP contribution in [0.1, 0.15) is 13.3 Å². The average molecular weight is 289 g/mol. The zero-order valence-corrected chi connectivity index (χ0v) is 12.2. The van der Waals surface area contributed by atoms with E-state index in [1.165, 1.54) is 11.8 Å². The molecule has 0 saturated carbocycles. The van der Waals surface area contributed by atoms with Gasteiger partial charge in [0.05, 0.1) is 17.4 Å². The molecule has 5 nitrogen and oxygen atoms in total. The number of amides is 1. The van der Waals surface area contributed by atoms with Crippen molar-refractivity contribution >= 4 is 39.4 Å². The van der Waals surface area contributed by atoms with Gasteiger partial charge in [0.2, 0.25) is 5.91 Å². The lowest BCUT2D eigenvalue weighted by Gasteiger charge is -2.18. The fourth-order valence-electron chi connectivity index (χ4n) is 2.65. The van der Waals surface area contributed by atoms with Crippen LogP contribution in [0.25, 0.3) is 10.9 Å². The molecule has 0 N–H and O–H groups in total. The standard InChI is InChI=1S/C14H15N3O2S/c1-9(18)20-11-6-13(19)17(8-11)12-5-3-4-10-7-15-16(2)14(10)12/h3-5,7,11H,6,8H2,1-2H3. The first-order chi connectivity index (χ1) is 9.56. The third-order valence-electron chi connectivity index (χ3n) is 3.45. The van der Waals surface area contributed by atoms with Crippen molar-refractivity contribution in [1.82, 2.24) is 9.78 Å². The largest absolute Gasteiger partial charge is 0.309 e. The highest BCUT2D eigenvalue weighted by molar-refractivity contribution is 8.14. The molecule has 1 fully saturated rings. The van der Waals surface area contributed by atoms with Gasteiger partial charge in [0.25, 0.3) is 0 Å². The molecule has 6 heteroatoms. The van der Waals surface area contributed by atoms with Crippen molar-refractivity contribution in [2.24, 2.45) is 7.05 Å². The Morgan fingerprint density at radius 2 is 2.25 bits per heavy atom. The number of carbonyl (C=O) groups excluding carboxylic acids is 2. The van der Waals surface area contributed by atoms with Gasteiger partial charge in [0.15, 0.2) is 5.12 Å². The summed E-state index contributed by atoms with van der Waals surface area (Å²) < 4.78 is 1.78. The molecule has 0 aliphatic carbocycles. The minimum Gasteiger partial charge on any atom is -0.309 e. The minimum absolute atomic E-state index is 0.0449. The number of hydrogen-bond acceptors (Lipinski definition) is 4. The van der Waals surface area contributed by atoms with E-state index in [0.29, 0.717) is 13.0 Å². The molecule has 2 heterocycles. The molecule has 1 aliphatic heterocycles. The molecule has 0 bridgehead atoms. The lowest BCUT2D eigenvalue weighted by atomic mass is 10.2. The van der Waals surface area contributed by atoms with Gasteiger partial charge in [-0.3, -0.25) is 14.3 Å². The Morgan fingerprint density at radius 1 is 1.45 bits per heavy atom. The highest BCUT2D eigenvalue weighted by Crippen LogP contribution is 2.32. The van der Waals surface area contributed by atoms with Gasteiger partial charge in [-0.25, -0.2) is 0 Å². The van der Waals surface area contributed by atoms with E-state index >= 15 is 0 Å². The maximum atomic E-state index is 12.2. The number of carbonyl (C=O) groups is 2. The third-order valence-corrected chi connectivity index (χ3v) is 4.43. The first kappa shape index (κ1) is 13.2. The van der Waals surface area contributed by atoms with Gasteiger partial charge in [0.1, 0.15) is 0 Å². The van der Waals surface area contributed by atoms with E-state index in [0.717, 1.165) is 16.6 Å². The van der Waals surface area contributed by atoms with Crippen LogP contribution >= 0.6 is 11.8 Å². The van der Waals surface area contributed by atoms with Crippen LogP contribution in [-0.2, 0) is 16.6 Å². The number of benzene rings is 1. The molecule has 104 valence electrons. The highest BCUT2D eigenvalue weighted by atomic mass is 32.2. The molecule has 1 aromatic carbocycles. The Balaban J connectivity index is 1.97. The number of fused-ring (bicyclic) bond motifs is 1. The van der Waals surface area contributed by atoms with Gasteiger partial charge in [0, 0.05) is 37.6 Å². The van der Waals surface area contributed by atoms with Gasteiger partial charge in [-0.05, 0) is 6.07 Å². The Labute approximate surface area is 120 Å². The zero-order chi connectivity index (χ0) is 14.3. The Kier molecular flexibility index (Phi) is 3.25. The number of thioether (sulfide) groups is 1. The average Bonchev–Trinajstić information content (AvgIpc) is 2.93. The van der Waals surface area contributed by atoms with Crippen LogP contribution in [-0.4, -0.2) is 32.6 Å². The number of aromatic nitrogens is 2. The van der Waals surface area contributed by atoms with Gasteiger partial charge in [-0.1, -0.05) is 23.9 Å². The fourth-order valence-corrected chi connectivity index (χ4v) is 3.57. The third kappa shape index (κ3) is 2.20. The monoisotopic (exact) mass is 289 g/mol. The summed E-state index contributed by atoms with van der Waals surface area (Å²) in [5.74, 6) is 0.0671. The van der Waals surface area contributed by atoms with E-state index in [9.17, 15) is 9.59 Å². The smallest absolute Gasteiger partial charge is 0.228 e. The summed E-state index contributed by atoms with van der Waals surface area (Å²) in [6.07, 6.45) is 2.21. The molecular formula is C14H15N3O2S. The van der Waals surface area contributed by atoms with Crippen LogP contribution < -0.4 is 4.90 Å². The van der Waals surface area contributed by atoms with Crippen molar-refractivity contribution in [3.63, 3.8) is 0 Å². The van der Waals surface area contributed by atoms with Crippen molar-refractivity contribution < 1.29 is 9.59 Å². The molecular weight excluding hydrogens is 274 g/mol. The normalized spacial score (nSPS) is 19.0. The van der Waals surface area contributed by atoms with E-state index in [1.807, 2.05) is 25.2 Å². The molecule has 0 spiro atoms. The Morgan fingerprint density at radius 3 is 3.00 bits per heavy atom. The van der Waals surface area contributed by atoms with Gasteiger partial charge < -0.3 is 4.90 Å².